The van der Waals surface area contributed by atoms with Crippen LogP contribution in [0.15, 0.2) is 12.7 Å². The number of ether oxygens (including phenoxy) is 5. The van der Waals surface area contributed by atoms with Gasteiger partial charge in [0.15, 0.2) is 0 Å². The number of carbonyl (C=O) groups is 4. The van der Waals surface area contributed by atoms with Gasteiger partial charge in [-0.25, -0.2) is 4.79 Å². The molecule has 0 radical (unpaired) electrons. The first-order valence-corrected chi connectivity index (χ1v) is 9.68. The van der Waals surface area contributed by atoms with E-state index in [-0.39, 0.29) is 38.9 Å². The summed E-state index contributed by atoms with van der Waals surface area (Å²) >= 11 is 0. The van der Waals surface area contributed by atoms with E-state index >= 15 is 0 Å². The average Bonchev–Trinajstić information content (AvgIpc) is 3.04. The summed E-state index contributed by atoms with van der Waals surface area (Å²) in [6.07, 6.45) is 1.17. The molecule has 0 aromatic carbocycles. The maximum absolute atomic E-state index is 11.6. The molecule has 0 aromatic rings. The Morgan fingerprint density at radius 2 is 1.23 bits per heavy atom. The Labute approximate surface area is 175 Å². The zero-order chi connectivity index (χ0) is 22.0. The number of carbonyl (C=O) groups excluding carboxylic acids is 4. The predicted molar refractivity (Wildman–Crippen MR) is 101 cm³/mol. The summed E-state index contributed by atoms with van der Waals surface area (Å²) in [7, 11) is 0. The zero-order valence-corrected chi connectivity index (χ0v) is 17.0. The number of hydrogen-bond acceptors (Lipinski definition) is 10. The van der Waals surface area contributed by atoms with Crippen LogP contribution in [0, 0.1) is 0 Å². The van der Waals surface area contributed by atoms with Crippen LogP contribution in [0.4, 0.5) is 0 Å². The molecule has 0 saturated carbocycles. The molecular formula is C19H29NO10. The first-order valence-electron chi connectivity index (χ1n) is 9.68. The van der Waals surface area contributed by atoms with Crippen molar-refractivity contribution in [3.8, 4) is 0 Å². The summed E-state index contributed by atoms with van der Waals surface area (Å²) in [6.45, 7) is 6.87. The molecule has 0 aliphatic carbocycles. The van der Waals surface area contributed by atoms with E-state index < -0.39 is 23.8 Å². The molecular weight excluding hydrogens is 402 g/mol. The number of hydroxylamine groups is 2. The summed E-state index contributed by atoms with van der Waals surface area (Å²) in [5.41, 5.74) is 0. The second-order valence-corrected chi connectivity index (χ2v) is 5.97. The Hall–Kier alpha value is -2.34. The molecule has 1 aliphatic rings. The number of nitrogens with zero attached hydrogens (tertiary/aromatic N) is 1. The van der Waals surface area contributed by atoms with Crippen molar-refractivity contribution in [2.24, 2.45) is 0 Å². The molecule has 1 saturated heterocycles. The Balaban J connectivity index is 1.87. The van der Waals surface area contributed by atoms with Gasteiger partial charge in [0, 0.05) is 12.8 Å². The highest BCUT2D eigenvalue weighted by atomic mass is 16.7. The van der Waals surface area contributed by atoms with Gasteiger partial charge in [-0.1, -0.05) is 6.08 Å². The molecule has 1 aliphatic heterocycles. The summed E-state index contributed by atoms with van der Waals surface area (Å²) in [5.74, 6) is -2.60. The van der Waals surface area contributed by atoms with Gasteiger partial charge in [-0.05, 0) is 0 Å². The number of rotatable bonds is 18. The van der Waals surface area contributed by atoms with Gasteiger partial charge in [0.25, 0.3) is 11.8 Å². The van der Waals surface area contributed by atoms with Crippen LogP contribution < -0.4 is 0 Å². The molecule has 2 amide bonds. The van der Waals surface area contributed by atoms with Crippen molar-refractivity contribution in [1.82, 2.24) is 5.06 Å². The quantitative estimate of drug-likeness (QED) is 0.128. The van der Waals surface area contributed by atoms with Crippen LogP contribution in [0.2, 0.25) is 0 Å². The smallest absolute Gasteiger partial charge is 0.333 e. The standard InChI is InChI=1S/C19H29NO10/c1-2-7-25-8-9-26-10-11-27-12-13-28-14-15-29-18(23)5-6-19(24)30-20-16(21)3-4-17(20)22/h2H,1,3-15H2. The fraction of sp³-hybridized carbons (Fsp3) is 0.684. The minimum Gasteiger partial charge on any atom is -0.463 e. The second-order valence-electron chi connectivity index (χ2n) is 5.97. The molecule has 0 N–H and O–H groups in total. The van der Waals surface area contributed by atoms with Crippen molar-refractivity contribution in [2.75, 3.05) is 59.5 Å². The third-order valence-electron chi connectivity index (χ3n) is 3.57. The van der Waals surface area contributed by atoms with Crippen LogP contribution in [0.1, 0.15) is 25.7 Å². The van der Waals surface area contributed by atoms with Crippen LogP contribution in [0.25, 0.3) is 0 Å². The topological polar surface area (TPSA) is 127 Å². The lowest BCUT2D eigenvalue weighted by Crippen LogP contribution is -2.32. The molecule has 11 nitrogen and oxygen atoms in total. The van der Waals surface area contributed by atoms with Gasteiger partial charge in [0.05, 0.1) is 65.7 Å². The molecule has 11 heteroatoms. The van der Waals surface area contributed by atoms with Crippen molar-refractivity contribution in [3.05, 3.63) is 12.7 Å². The zero-order valence-electron chi connectivity index (χ0n) is 17.0. The fourth-order valence-corrected chi connectivity index (χ4v) is 2.12. The maximum Gasteiger partial charge on any atom is 0.333 e. The highest BCUT2D eigenvalue weighted by Crippen LogP contribution is 2.13. The lowest BCUT2D eigenvalue weighted by molar-refractivity contribution is -0.197. The number of hydrogen-bond donors (Lipinski definition) is 0. The number of amides is 2. The summed E-state index contributed by atoms with van der Waals surface area (Å²) in [5, 5.41) is 0.439. The second kappa shape index (κ2) is 16.5. The first kappa shape index (κ1) is 25.7. The molecule has 0 unspecified atom stereocenters. The van der Waals surface area contributed by atoms with Crippen molar-refractivity contribution in [3.63, 3.8) is 0 Å². The van der Waals surface area contributed by atoms with E-state index in [9.17, 15) is 19.2 Å². The van der Waals surface area contributed by atoms with E-state index in [4.69, 9.17) is 23.7 Å². The van der Waals surface area contributed by atoms with E-state index in [0.717, 1.165) is 0 Å². The van der Waals surface area contributed by atoms with Crippen molar-refractivity contribution in [1.29, 1.82) is 0 Å². The Morgan fingerprint density at radius 1 is 0.767 bits per heavy atom. The van der Waals surface area contributed by atoms with Gasteiger partial charge in [-0.3, -0.25) is 14.4 Å². The Bertz CT molecular complexity index is 550. The molecule has 0 spiro atoms. The molecule has 30 heavy (non-hydrogen) atoms. The van der Waals surface area contributed by atoms with Crippen molar-refractivity contribution >= 4 is 23.8 Å². The third-order valence-corrected chi connectivity index (χ3v) is 3.57. The Morgan fingerprint density at radius 3 is 1.77 bits per heavy atom. The first-order chi connectivity index (χ1) is 14.5. The van der Waals surface area contributed by atoms with E-state index in [1.165, 1.54) is 0 Å². The van der Waals surface area contributed by atoms with Gasteiger partial charge in [-0.2, -0.15) is 0 Å². The van der Waals surface area contributed by atoms with E-state index in [0.29, 0.717) is 51.3 Å². The average molecular weight is 431 g/mol. The van der Waals surface area contributed by atoms with E-state index in [2.05, 4.69) is 11.4 Å². The summed E-state index contributed by atoms with van der Waals surface area (Å²) in [6, 6.07) is 0. The van der Waals surface area contributed by atoms with Crippen LogP contribution in [0.5, 0.6) is 0 Å². The highest BCUT2D eigenvalue weighted by molar-refractivity contribution is 6.01. The minimum atomic E-state index is -0.850. The lowest BCUT2D eigenvalue weighted by Gasteiger charge is -2.12. The van der Waals surface area contributed by atoms with Crippen LogP contribution in [-0.4, -0.2) is 88.3 Å². The number of esters is 1. The molecule has 0 aromatic heterocycles. The monoisotopic (exact) mass is 431 g/mol. The molecule has 1 fully saturated rings. The predicted octanol–water partition coefficient (Wildman–Crippen LogP) is 0.169. The van der Waals surface area contributed by atoms with Crippen LogP contribution in [-0.2, 0) is 47.7 Å². The van der Waals surface area contributed by atoms with Gasteiger partial charge in [-0.15, -0.1) is 11.6 Å². The lowest BCUT2D eigenvalue weighted by atomic mass is 10.3. The highest BCUT2D eigenvalue weighted by Gasteiger charge is 2.32. The molecule has 0 bridgehead atoms. The molecule has 1 rings (SSSR count). The van der Waals surface area contributed by atoms with Crippen molar-refractivity contribution < 1.29 is 47.7 Å². The van der Waals surface area contributed by atoms with Crippen LogP contribution in [0.3, 0.4) is 0 Å². The largest absolute Gasteiger partial charge is 0.463 e. The van der Waals surface area contributed by atoms with Gasteiger partial charge >= 0.3 is 11.9 Å². The van der Waals surface area contributed by atoms with Gasteiger partial charge in [0.1, 0.15) is 6.61 Å². The van der Waals surface area contributed by atoms with Gasteiger partial charge < -0.3 is 28.5 Å². The third kappa shape index (κ3) is 12.3. The summed E-state index contributed by atoms with van der Waals surface area (Å²) in [4.78, 5) is 50.4. The molecule has 170 valence electrons. The molecule has 1 heterocycles. The minimum absolute atomic E-state index is 0.0127. The Kier molecular flexibility index (Phi) is 14.1. The number of imide groups is 1. The fourth-order valence-electron chi connectivity index (χ4n) is 2.12. The van der Waals surface area contributed by atoms with Crippen LogP contribution >= 0.6 is 0 Å². The normalized spacial score (nSPS) is 13.5. The van der Waals surface area contributed by atoms with E-state index in [1.807, 2.05) is 0 Å². The summed E-state index contributed by atoms with van der Waals surface area (Å²) < 4.78 is 25.9. The SMILES string of the molecule is C=CCOCCOCCOCCOCCOC(=O)CCC(=O)ON1C(=O)CCC1=O. The maximum atomic E-state index is 11.6. The van der Waals surface area contributed by atoms with E-state index in [1.54, 1.807) is 6.08 Å². The molecule has 0 atom stereocenters. The van der Waals surface area contributed by atoms with Gasteiger partial charge in [0.2, 0.25) is 0 Å². The van der Waals surface area contributed by atoms with Crippen molar-refractivity contribution in [2.45, 2.75) is 25.7 Å².